The lowest BCUT2D eigenvalue weighted by Crippen LogP contribution is -2.53. The van der Waals surface area contributed by atoms with Crippen LogP contribution in [0.25, 0.3) is 10.8 Å². The molecule has 228 valence electrons. The number of carbonyl (C=O) groups is 3. The van der Waals surface area contributed by atoms with Crippen molar-refractivity contribution in [1.29, 1.82) is 5.41 Å². The Morgan fingerprint density at radius 2 is 1.81 bits per heavy atom. The lowest BCUT2D eigenvalue weighted by molar-refractivity contribution is -0.153. The maximum atomic E-state index is 14.0. The molecule has 2 amide bonds. The van der Waals surface area contributed by atoms with Gasteiger partial charge in [0.05, 0.1) is 19.6 Å². The molecule has 10 nitrogen and oxygen atoms in total. The summed E-state index contributed by atoms with van der Waals surface area (Å²) in [7, 11) is 1.33. The molecule has 4 rings (SSSR count). The number of guanidine groups is 1. The number of ether oxygens (including phenoxy) is 1. The number of benzene rings is 3. The first-order valence-corrected chi connectivity index (χ1v) is 14.8. The summed E-state index contributed by atoms with van der Waals surface area (Å²) in [5, 5.41) is 19.3. The van der Waals surface area contributed by atoms with E-state index in [0.717, 1.165) is 21.9 Å². The molecule has 1 fully saturated rings. The molecule has 3 aromatic rings. The minimum absolute atomic E-state index is 0.135. The highest BCUT2D eigenvalue weighted by Gasteiger charge is 2.37. The van der Waals surface area contributed by atoms with Gasteiger partial charge in [-0.25, -0.2) is 4.79 Å². The van der Waals surface area contributed by atoms with E-state index in [9.17, 15) is 14.4 Å². The van der Waals surface area contributed by atoms with Crippen LogP contribution in [0.15, 0.2) is 66.7 Å². The predicted molar refractivity (Wildman–Crippen MR) is 168 cm³/mol. The van der Waals surface area contributed by atoms with E-state index in [1.54, 1.807) is 17.0 Å². The maximum Gasteiger partial charge on any atom is 0.328 e. The van der Waals surface area contributed by atoms with Crippen LogP contribution in [-0.4, -0.2) is 73.5 Å². The van der Waals surface area contributed by atoms with E-state index in [0.29, 0.717) is 50.3 Å². The van der Waals surface area contributed by atoms with Gasteiger partial charge >= 0.3 is 5.97 Å². The first kappa shape index (κ1) is 31.8. The van der Waals surface area contributed by atoms with E-state index in [2.05, 4.69) is 16.0 Å². The standard InChI is InChI=1S/C32H39ClN6O4/c1-43-31(42)28(18-22-8-11-23-5-2-3-6-24(23)17-22)39-16-14-26(38-27(30(39)41)7-4-15-36-32(34)35)20-37-29(40)19-21-9-12-25(33)13-10-21/h2-3,5-6,8-13,17,26-28,38H,4,7,14-16,18-20H2,1H3,(H,37,40)(H4,34,35,36)/t26-,27+,28+/m1/s1. The summed E-state index contributed by atoms with van der Waals surface area (Å²) >= 11 is 5.95. The fraction of sp³-hybridized carbons (Fsp3) is 0.375. The van der Waals surface area contributed by atoms with Gasteiger partial charge in [-0.2, -0.15) is 0 Å². The van der Waals surface area contributed by atoms with E-state index in [4.69, 9.17) is 27.5 Å². The van der Waals surface area contributed by atoms with E-state index in [1.165, 1.54) is 7.11 Å². The van der Waals surface area contributed by atoms with Crippen LogP contribution in [0.1, 0.15) is 30.4 Å². The summed E-state index contributed by atoms with van der Waals surface area (Å²) in [5.74, 6) is -0.950. The number of rotatable bonds is 12. The van der Waals surface area contributed by atoms with Crippen molar-refractivity contribution in [2.75, 3.05) is 26.7 Å². The van der Waals surface area contributed by atoms with E-state index < -0.39 is 18.1 Å². The van der Waals surface area contributed by atoms with Crippen molar-refractivity contribution in [1.82, 2.24) is 20.9 Å². The number of hydrogen-bond donors (Lipinski definition) is 5. The van der Waals surface area contributed by atoms with Crippen molar-refractivity contribution in [2.45, 2.75) is 50.2 Å². The molecule has 11 heteroatoms. The molecule has 1 aliphatic heterocycles. The molecule has 1 heterocycles. The fourth-order valence-corrected chi connectivity index (χ4v) is 5.51. The number of nitrogens with zero attached hydrogens (tertiary/aromatic N) is 1. The van der Waals surface area contributed by atoms with E-state index >= 15 is 0 Å². The monoisotopic (exact) mass is 606 g/mol. The van der Waals surface area contributed by atoms with Crippen molar-refractivity contribution in [2.24, 2.45) is 5.73 Å². The Morgan fingerprint density at radius 3 is 2.53 bits per heavy atom. The summed E-state index contributed by atoms with van der Waals surface area (Å²) in [6.07, 6.45) is 2.07. The smallest absolute Gasteiger partial charge is 0.328 e. The molecule has 43 heavy (non-hydrogen) atoms. The molecule has 0 aliphatic carbocycles. The van der Waals surface area contributed by atoms with Crippen LogP contribution in [0.2, 0.25) is 5.02 Å². The molecule has 3 atom stereocenters. The van der Waals surface area contributed by atoms with Gasteiger partial charge < -0.3 is 31.3 Å². The Balaban J connectivity index is 1.49. The average Bonchev–Trinajstić information content (AvgIpc) is 3.15. The summed E-state index contributed by atoms with van der Waals surface area (Å²) in [6.45, 7) is 1.07. The molecule has 6 N–H and O–H groups in total. The van der Waals surface area contributed by atoms with Crippen molar-refractivity contribution < 1.29 is 19.1 Å². The largest absolute Gasteiger partial charge is 0.467 e. The molecule has 0 bridgehead atoms. The second kappa shape index (κ2) is 15.4. The zero-order valence-corrected chi connectivity index (χ0v) is 25.0. The number of nitrogens with one attached hydrogen (secondary N) is 4. The first-order valence-electron chi connectivity index (χ1n) is 14.4. The second-order valence-corrected chi connectivity index (χ2v) is 11.2. The molecule has 0 unspecified atom stereocenters. The van der Waals surface area contributed by atoms with Gasteiger partial charge in [0.25, 0.3) is 0 Å². The van der Waals surface area contributed by atoms with Crippen molar-refractivity contribution in [3.63, 3.8) is 0 Å². The predicted octanol–water partition coefficient (Wildman–Crippen LogP) is 2.76. The molecular weight excluding hydrogens is 568 g/mol. The Hall–Kier alpha value is -4.15. The third-order valence-corrected chi connectivity index (χ3v) is 7.89. The van der Waals surface area contributed by atoms with Crippen molar-refractivity contribution in [3.8, 4) is 0 Å². The summed E-state index contributed by atoms with van der Waals surface area (Å²) < 4.78 is 5.18. The Kier molecular flexibility index (Phi) is 11.4. The summed E-state index contributed by atoms with van der Waals surface area (Å²) in [5.41, 5.74) is 7.19. The van der Waals surface area contributed by atoms with Crippen LogP contribution in [-0.2, 0) is 32.0 Å². The lowest BCUT2D eigenvalue weighted by atomic mass is 9.99. The third-order valence-electron chi connectivity index (χ3n) is 7.64. The van der Waals surface area contributed by atoms with E-state index in [-0.39, 0.29) is 30.2 Å². The average molecular weight is 607 g/mol. The molecule has 0 radical (unpaired) electrons. The highest BCUT2D eigenvalue weighted by atomic mass is 35.5. The van der Waals surface area contributed by atoms with E-state index in [1.807, 2.05) is 54.6 Å². The summed E-state index contributed by atoms with van der Waals surface area (Å²) in [4.78, 5) is 41.4. The highest BCUT2D eigenvalue weighted by molar-refractivity contribution is 6.30. The minimum atomic E-state index is -0.809. The van der Waals surface area contributed by atoms with Crippen LogP contribution < -0.4 is 21.7 Å². The molecule has 0 spiro atoms. The van der Waals surface area contributed by atoms with Crippen LogP contribution in [0, 0.1) is 5.41 Å². The zero-order chi connectivity index (χ0) is 30.8. The van der Waals surface area contributed by atoms with Crippen molar-refractivity contribution >= 4 is 46.1 Å². The van der Waals surface area contributed by atoms with Crippen LogP contribution in [0.3, 0.4) is 0 Å². The number of nitrogens with two attached hydrogens (primary N) is 1. The topological polar surface area (TPSA) is 150 Å². The molecule has 3 aromatic carbocycles. The Morgan fingerprint density at radius 1 is 1.09 bits per heavy atom. The number of esters is 1. The number of halogens is 1. The third kappa shape index (κ3) is 9.17. The van der Waals surface area contributed by atoms with Crippen LogP contribution in [0.4, 0.5) is 0 Å². The molecule has 0 aromatic heterocycles. The Labute approximate surface area is 256 Å². The van der Waals surface area contributed by atoms with Gasteiger partial charge in [-0.05, 0) is 53.3 Å². The normalized spacial score (nSPS) is 17.6. The number of hydrogen-bond acceptors (Lipinski definition) is 6. The molecule has 0 saturated carbocycles. The van der Waals surface area contributed by atoms with Gasteiger partial charge in [-0.1, -0.05) is 66.2 Å². The molecular formula is C32H39ClN6O4. The van der Waals surface area contributed by atoms with Gasteiger partial charge in [-0.15, -0.1) is 0 Å². The lowest BCUT2D eigenvalue weighted by Gasteiger charge is -2.31. The quantitative estimate of drug-likeness (QED) is 0.0921. The van der Waals surface area contributed by atoms with Gasteiger partial charge in [0, 0.05) is 37.1 Å². The first-order chi connectivity index (χ1) is 20.7. The minimum Gasteiger partial charge on any atom is -0.467 e. The van der Waals surface area contributed by atoms with Gasteiger partial charge in [0.1, 0.15) is 6.04 Å². The van der Waals surface area contributed by atoms with Gasteiger partial charge in [0.15, 0.2) is 5.96 Å². The number of carbonyl (C=O) groups excluding carboxylic acids is 3. The number of methoxy groups -OCH3 is 1. The maximum absolute atomic E-state index is 14.0. The SMILES string of the molecule is COC(=O)[C@H](Cc1ccc2ccccc2c1)N1CC[C@H](CNC(=O)Cc2ccc(Cl)cc2)N[C@@H](CCCNC(=N)N)C1=O. The summed E-state index contributed by atoms with van der Waals surface area (Å²) in [6, 6.07) is 19.5. The van der Waals surface area contributed by atoms with Gasteiger partial charge in [0.2, 0.25) is 11.8 Å². The Bertz CT molecular complexity index is 1430. The van der Waals surface area contributed by atoms with Gasteiger partial charge in [-0.3, -0.25) is 15.0 Å². The molecule has 1 saturated heterocycles. The van der Waals surface area contributed by atoms with Crippen LogP contribution in [0.5, 0.6) is 0 Å². The number of amides is 2. The second-order valence-electron chi connectivity index (χ2n) is 10.8. The molecule has 1 aliphatic rings. The number of fused-ring (bicyclic) bond motifs is 1. The fourth-order valence-electron chi connectivity index (χ4n) is 5.38. The van der Waals surface area contributed by atoms with Crippen molar-refractivity contribution in [3.05, 3.63) is 82.9 Å². The highest BCUT2D eigenvalue weighted by Crippen LogP contribution is 2.21. The van der Waals surface area contributed by atoms with Crippen LogP contribution >= 0.6 is 11.6 Å². The zero-order valence-electron chi connectivity index (χ0n) is 24.3.